The number of benzene rings is 1. The van der Waals surface area contributed by atoms with Crippen molar-refractivity contribution in [1.82, 2.24) is 9.80 Å². The van der Waals surface area contributed by atoms with Crippen molar-refractivity contribution in [2.45, 2.75) is 33.7 Å². The van der Waals surface area contributed by atoms with Crippen LogP contribution in [-0.4, -0.2) is 56.4 Å². The summed E-state index contributed by atoms with van der Waals surface area (Å²) < 4.78 is 0. The molecular formula is C17H32N2O. The van der Waals surface area contributed by atoms with E-state index in [9.17, 15) is 0 Å². The minimum Gasteiger partial charge on any atom is -0.308 e. The van der Waals surface area contributed by atoms with Gasteiger partial charge in [0.25, 0.3) is 0 Å². The number of rotatable bonds is 4. The molecule has 3 nitrogen and oxygen atoms in total. The van der Waals surface area contributed by atoms with Gasteiger partial charge in [0.05, 0.1) is 0 Å². The number of hydrogen-bond acceptors (Lipinski definition) is 3. The summed E-state index contributed by atoms with van der Waals surface area (Å²) in [6.45, 7) is 10.3. The monoisotopic (exact) mass is 280 g/mol. The van der Waals surface area contributed by atoms with Gasteiger partial charge in [0.2, 0.25) is 0 Å². The van der Waals surface area contributed by atoms with E-state index in [2.05, 4.69) is 63.8 Å². The van der Waals surface area contributed by atoms with Gasteiger partial charge in [0, 0.05) is 19.1 Å². The van der Waals surface area contributed by atoms with Crippen molar-refractivity contribution in [2.24, 2.45) is 0 Å². The molecule has 3 heteroatoms. The van der Waals surface area contributed by atoms with Gasteiger partial charge in [0.15, 0.2) is 0 Å². The van der Waals surface area contributed by atoms with Crippen LogP contribution < -0.4 is 0 Å². The van der Waals surface area contributed by atoms with Crippen LogP contribution in [0.15, 0.2) is 30.3 Å². The van der Waals surface area contributed by atoms with Crippen molar-refractivity contribution < 1.29 is 4.79 Å². The van der Waals surface area contributed by atoms with Crippen LogP contribution in [0.3, 0.4) is 0 Å². The lowest BCUT2D eigenvalue weighted by Gasteiger charge is -2.22. The number of likely N-dealkylation sites (N-methyl/N-ethyl adjacent to an activating group) is 2. The van der Waals surface area contributed by atoms with Crippen molar-refractivity contribution in [3.05, 3.63) is 35.9 Å². The first-order chi connectivity index (χ1) is 9.34. The molecule has 0 atom stereocenters. The van der Waals surface area contributed by atoms with Crippen LogP contribution in [0.5, 0.6) is 0 Å². The van der Waals surface area contributed by atoms with E-state index in [1.165, 1.54) is 12.5 Å². The minimum absolute atomic E-state index is 0.667. The Balaban J connectivity index is 0. The highest BCUT2D eigenvalue weighted by Gasteiger charge is 2.01. The molecule has 0 unspecified atom stereocenters. The quantitative estimate of drug-likeness (QED) is 0.792. The Morgan fingerprint density at radius 2 is 1.50 bits per heavy atom. The Labute approximate surface area is 125 Å². The molecule has 0 bridgehead atoms. The van der Waals surface area contributed by atoms with Crippen molar-refractivity contribution in [2.75, 3.05) is 34.2 Å². The Morgan fingerprint density at radius 3 is 1.75 bits per heavy atom. The van der Waals surface area contributed by atoms with Crippen LogP contribution in [0.4, 0.5) is 0 Å². The molecule has 0 aliphatic rings. The van der Waals surface area contributed by atoms with E-state index in [4.69, 9.17) is 4.79 Å². The Morgan fingerprint density at radius 1 is 1.05 bits per heavy atom. The lowest BCUT2D eigenvalue weighted by Crippen LogP contribution is -2.33. The van der Waals surface area contributed by atoms with Crippen LogP contribution >= 0.6 is 0 Å². The molecule has 20 heavy (non-hydrogen) atoms. The number of aldehydes is 1. The van der Waals surface area contributed by atoms with Gasteiger partial charge in [-0.05, 0) is 48.8 Å². The summed E-state index contributed by atoms with van der Waals surface area (Å²) in [6.07, 6.45) is 0.750. The molecule has 0 amide bonds. The predicted molar refractivity (Wildman–Crippen MR) is 89.2 cm³/mol. The summed E-state index contributed by atoms with van der Waals surface area (Å²) in [5.74, 6) is 0. The number of hydrogen-bond donors (Lipinski definition) is 0. The van der Waals surface area contributed by atoms with Crippen LogP contribution in [-0.2, 0) is 4.79 Å². The highest BCUT2D eigenvalue weighted by Crippen LogP contribution is 1.92. The van der Waals surface area contributed by atoms with Crippen LogP contribution in [0.1, 0.15) is 26.3 Å². The topological polar surface area (TPSA) is 23.6 Å². The summed E-state index contributed by atoms with van der Waals surface area (Å²) in [5.41, 5.74) is 1.32. The number of carbonyl (C=O) groups excluding carboxylic acids is 1. The molecule has 0 N–H and O–H groups in total. The second-order valence-corrected chi connectivity index (χ2v) is 5.27. The van der Waals surface area contributed by atoms with Gasteiger partial charge in [0.1, 0.15) is 6.29 Å². The van der Waals surface area contributed by atoms with Crippen molar-refractivity contribution >= 4 is 6.29 Å². The Kier molecular flexibility index (Phi) is 15.0. The van der Waals surface area contributed by atoms with E-state index in [1.807, 2.05) is 18.2 Å². The van der Waals surface area contributed by atoms with Gasteiger partial charge in [-0.25, -0.2) is 0 Å². The SMILES string of the molecule is CC(C)N(C)CCN(C)C.CC=O.Cc1ccccc1. The first kappa shape index (κ1) is 21.1. The standard InChI is InChI=1S/C8H20N2.C7H8.C2H4O/c1-8(2)10(5)7-6-9(3)4;1-7-5-3-2-4-6-7;1-2-3/h8H,6-7H2,1-5H3;2-6H,1H3;2H,1H3. The third-order valence-electron chi connectivity index (χ3n) is 2.72. The highest BCUT2D eigenvalue weighted by molar-refractivity contribution is 5.44. The molecule has 0 aliphatic carbocycles. The van der Waals surface area contributed by atoms with Gasteiger partial charge in [-0.15, -0.1) is 0 Å². The number of carbonyl (C=O) groups is 1. The average molecular weight is 280 g/mol. The fraction of sp³-hybridized carbons (Fsp3) is 0.588. The second-order valence-electron chi connectivity index (χ2n) is 5.27. The lowest BCUT2D eigenvalue weighted by molar-refractivity contribution is -0.106. The zero-order valence-corrected chi connectivity index (χ0v) is 14.3. The molecule has 0 saturated carbocycles. The van der Waals surface area contributed by atoms with E-state index in [0.717, 1.165) is 19.4 Å². The molecule has 0 heterocycles. The van der Waals surface area contributed by atoms with Gasteiger partial charge in [-0.1, -0.05) is 35.9 Å². The number of aryl methyl sites for hydroxylation is 1. The van der Waals surface area contributed by atoms with E-state index in [-0.39, 0.29) is 0 Å². The lowest BCUT2D eigenvalue weighted by atomic mass is 10.2. The van der Waals surface area contributed by atoms with Gasteiger partial charge < -0.3 is 14.6 Å². The fourth-order valence-corrected chi connectivity index (χ4v) is 1.15. The van der Waals surface area contributed by atoms with Crippen molar-refractivity contribution in [3.8, 4) is 0 Å². The molecule has 116 valence electrons. The van der Waals surface area contributed by atoms with Gasteiger partial charge in [-0.3, -0.25) is 0 Å². The van der Waals surface area contributed by atoms with E-state index in [1.54, 1.807) is 0 Å². The zero-order valence-electron chi connectivity index (χ0n) is 14.3. The van der Waals surface area contributed by atoms with Gasteiger partial charge in [-0.2, -0.15) is 0 Å². The summed E-state index contributed by atoms with van der Waals surface area (Å²) in [6, 6.07) is 10.9. The van der Waals surface area contributed by atoms with Crippen molar-refractivity contribution in [1.29, 1.82) is 0 Å². The molecule has 1 aromatic carbocycles. The summed E-state index contributed by atoms with van der Waals surface area (Å²) in [5, 5.41) is 0. The third-order valence-corrected chi connectivity index (χ3v) is 2.72. The number of nitrogens with zero attached hydrogens (tertiary/aromatic N) is 2. The average Bonchev–Trinajstić information content (AvgIpc) is 2.38. The molecular weight excluding hydrogens is 248 g/mol. The fourth-order valence-electron chi connectivity index (χ4n) is 1.15. The maximum atomic E-state index is 8.81. The van der Waals surface area contributed by atoms with Gasteiger partial charge >= 0.3 is 0 Å². The molecule has 0 fully saturated rings. The van der Waals surface area contributed by atoms with E-state index in [0.29, 0.717) is 6.04 Å². The predicted octanol–water partition coefficient (Wildman–Crippen LogP) is 3.09. The molecule has 0 spiro atoms. The molecule has 1 aromatic rings. The molecule has 0 radical (unpaired) electrons. The van der Waals surface area contributed by atoms with E-state index >= 15 is 0 Å². The van der Waals surface area contributed by atoms with Crippen LogP contribution in [0.25, 0.3) is 0 Å². The second kappa shape index (κ2) is 14.2. The smallest absolute Gasteiger partial charge is 0.116 e. The maximum Gasteiger partial charge on any atom is 0.116 e. The largest absolute Gasteiger partial charge is 0.308 e. The first-order valence-corrected chi connectivity index (χ1v) is 7.11. The highest BCUT2D eigenvalue weighted by atomic mass is 16.1. The van der Waals surface area contributed by atoms with Crippen LogP contribution in [0, 0.1) is 6.92 Å². The normalized spacial score (nSPS) is 9.70. The Bertz CT molecular complexity index is 310. The van der Waals surface area contributed by atoms with E-state index < -0.39 is 0 Å². The molecule has 0 aromatic heterocycles. The Hall–Kier alpha value is -1.19. The molecule has 1 rings (SSSR count). The molecule has 0 saturated heterocycles. The summed E-state index contributed by atoms with van der Waals surface area (Å²) >= 11 is 0. The zero-order chi connectivity index (χ0) is 16.0. The first-order valence-electron chi connectivity index (χ1n) is 7.11. The van der Waals surface area contributed by atoms with Crippen LogP contribution in [0.2, 0.25) is 0 Å². The minimum atomic E-state index is 0.667. The van der Waals surface area contributed by atoms with Crippen molar-refractivity contribution in [3.63, 3.8) is 0 Å². The maximum absolute atomic E-state index is 8.81. The summed E-state index contributed by atoms with van der Waals surface area (Å²) in [7, 11) is 6.37. The summed E-state index contributed by atoms with van der Waals surface area (Å²) in [4.78, 5) is 13.4. The molecule has 0 aliphatic heterocycles. The third kappa shape index (κ3) is 16.8.